The zero-order chi connectivity index (χ0) is 18.0. The second-order valence-corrected chi connectivity index (χ2v) is 12.5. The van der Waals surface area contributed by atoms with Crippen molar-refractivity contribution in [2.45, 2.75) is 83.5 Å². The summed E-state index contributed by atoms with van der Waals surface area (Å²) in [6.45, 7) is 13.2. The summed E-state index contributed by atoms with van der Waals surface area (Å²) in [6.07, 6.45) is 4.54. The lowest BCUT2D eigenvalue weighted by molar-refractivity contribution is -0.186. The van der Waals surface area contributed by atoms with Crippen LogP contribution in [-0.2, 0) is 13.9 Å². The average Bonchev–Trinajstić information content (AvgIpc) is 2.50. The van der Waals surface area contributed by atoms with E-state index in [1.165, 1.54) is 0 Å². The van der Waals surface area contributed by atoms with E-state index in [2.05, 4.69) is 26.8 Å². The number of amides is 1. The monoisotopic (exact) mass is 355 g/mol. The molecule has 2 atom stereocenters. The van der Waals surface area contributed by atoms with Crippen LogP contribution < -0.4 is 0 Å². The first-order chi connectivity index (χ1) is 11.2. The first-order valence-corrected chi connectivity index (χ1v) is 11.7. The molecule has 2 rings (SSSR count). The van der Waals surface area contributed by atoms with Crippen molar-refractivity contribution >= 4 is 14.4 Å². The number of carbonyl (C=O) groups excluding carboxylic acids is 1. The lowest BCUT2D eigenvalue weighted by Crippen LogP contribution is -2.69. The molecule has 0 aromatic carbocycles. The zero-order valence-corrected chi connectivity index (χ0v) is 17.1. The van der Waals surface area contributed by atoms with Crippen molar-refractivity contribution in [2.24, 2.45) is 0 Å². The van der Waals surface area contributed by atoms with E-state index in [9.17, 15) is 4.79 Å². The van der Waals surface area contributed by atoms with E-state index in [-0.39, 0.29) is 12.1 Å². The molecule has 2 aliphatic heterocycles. The van der Waals surface area contributed by atoms with Gasteiger partial charge in [0.25, 0.3) is 0 Å². The van der Waals surface area contributed by atoms with Crippen molar-refractivity contribution in [3.63, 3.8) is 0 Å². The smallest absolute Gasteiger partial charge is 0.413 e. The topological polar surface area (TPSA) is 48.0 Å². The van der Waals surface area contributed by atoms with E-state index in [0.29, 0.717) is 19.6 Å². The van der Waals surface area contributed by atoms with Crippen molar-refractivity contribution in [1.29, 1.82) is 0 Å². The molecule has 5 nitrogen and oxygen atoms in total. The Morgan fingerprint density at radius 2 is 1.92 bits per heavy atom. The van der Waals surface area contributed by atoms with Crippen LogP contribution >= 0.6 is 0 Å². The van der Waals surface area contributed by atoms with Gasteiger partial charge in [0.05, 0.1) is 19.3 Å². The molecular weight excluding hydrogens is 322 g/mol. The standard InChI is InChI=1S/C18H33NO4Si/c1-7-24(8-2,9-3)23-18-12-10-11-15(13-21-14-18)19(18)16(20)22-17(4,5)6/h10-11,15H,7-9,12-14H2,1-6H3. The third-order valence-electron chi connectivity index (χ3n) is 5.11. The highest BCUT2D eigenvalue weighted by molar-refractivity contribution is 6.73. The molecular formula is C18H33NO4Si. The number of rotatable bonds is 5. The molecule has 0 radical (unpaired) electrons. The number of fused-ring (bicyclic) bond motifs is 2. The molecule has 138 valence electrons. The van der Waals surface area contributed by atoms with E-state index in [1.54, 1.807) is 0 Å². The highest BCUT2D eigenvalue weighted by Gasteiger charge is 2.53. The number of morpholine rings is 1. The quantitative estimate of drug-likeness (QED) is 0.545. The third-order valence-corrected chi connectivity index (χ3v) is 9.79. The van der Waals surface area contributed by atoms with E-state index in [0.717, 1.165) is 18.1 Å². The van der Waals surface area contributed by atoms with Crippen LogP contribution in [0.3, 0.4) is 0 Å². The fourth-order valence-electron chi connectivity index (χ4n) is 3.60. The molecule has 0 aromatic rings. The van der Waals surface area contributed by atoms with Gasteiger partial charge in [0.2, 0.25) is 0 Å². The van der Waals surface area contributed by atoms with E-state index in [4.69, 9.17) is 13.9 Å². The lowest BCUT2D eigenvalue weighted by atomic mass is 9.98. The van der Waals surface area contributed by atoms with Gasteiger partial charge in [-0.25, -0.2) is 4.79 Å². The number of hydrogen-bond acceptors (Lipinski definition) is 4. The second kappa shape index (κ2) is 7.18. The van der Waals surface area contributed by atoms with Crippen molar-refractivity contribution in [2.75, 3.05) is 13.2 Å². The predicted octanol–water partition coefficient (Wildman–Crippen LogP) is 4.30. The van der Waals surface area contributed by atoms with Crippen LogP contribution in [-0.4, -0.2) is 49.9 Å². The van der Waals surface area contributed by atoms with Gasteiger partial charge in [-0.3, -0.25) is 4.90 Å². The fourth-order valence-corrected chi connectivity index (χ4v) is 6.58. The summed E-state index contributed by atoms with van der Waals surface area (Å²) in [5.74, 6) is 0. The van der Waals surface area contributed by atoms with Gasteiger partial charge in [0, 0.05) is 6.42 Å². The molecule has 6 heteroatoms. The van der Waals surface area contributed by atoms with Gasteiger partial charge in [-0.15, -0.1) is 0 Å². The van der Waals surface area contributed by atoms with Crippen LogP contribution in [0.5, 0.6) is 0 Å². The first kappa shape index (κ1) is 19.5. The Morgan fingerprint density at radius 1 is 1.29 bits per heavy atom. The van der Waals surface area contributed by atoms with Gasteiger partial charge < -0.3 is 13.9 Å². The number of carbonyl (C=O) groups is 1. The van der Waals surface area contributed by atoms with Crippen molar-refractivity contribution in [1.82, 2.24) is 4.90 Å². The number of ether oxygens (including phenoxy) is 2. The first-order valence-electron chi connectivity index (χ1n) is 9.18. The van der Waals surface area contributed by atoms with Crippen LogP contribution in [0.4, 0.5) is 4.79 Å². The summed E-state index contributed by atoms with van der Waals surface area (Å²) in [5.41, 5.74) is -1.24. The second-order valence-electron chi connectivity index (χ2n) is 7.86. The van der Waals surface area contributed by atoms with E-state index < -0.39 is 19.6 Å². The van der Waals surface area contributed by atoms with Crippen molar-refractivity contribution in [3.05, 3.63) is 12.2 Å². The summed E-state index contributed by atoms with van der Waals surface area (Å²) < 4.78 is 18.3. The van der Waals surface area contributed by atoms with Crippen LogP contribution in [0.1, 0.15) is 48.0 Å². The summed E-state index contributed by atoms with van der Waals surface area (Å²) in [6, 6.07) is 3.01. The van der Waals surface area contributed by atoms with Gasteiger partial charge in [-0.2, -0.15) is 0 Å². The van der Waals surface area contributed by atoms with Crippen LogP contribution in [0.2, 0.25) is 18.1 Å². The molecule has 1 saturated heterocycles. The third kappa shape index (κ3) is 3.86. The highest BCUT2D eigenvalue weighted by Crippen LogP contribution is 2.39. The van der Waals surface area contributed by atoms with Crippen molar-refractivity contribution in [3.8, 4) is 0 Å². The Hall–Kier alpha value is -0.853. The molecule has 0 aromatic heterocycles. The summed E-state index contributed by atoms with van der Waals surface area (Å²) in [5, 5.41) is 0. The molecule has 1 amide bonds. The largest absolute Gasteiger partial charge is 0.444 e. The van der Waals surface area contributed by atoms with E-state index in [1.807, 2.05) is 31.7 Å². The minimum Gasteiger partial charge on any atom is -0.444 e. The van der Waals surface area contributed by atoms with Crippen LogP contribution in [0.15, 0.2) is 12.2 Å². The normalized spacial score (nSPS) is 27.2. The molecule has 0 N–H and O–H groups in total. The Bertz CT molecular complexity index is 476. The zero-order valence-electron chi connectivity index (χ0n) is 16.1. The SMILES string of the molecule is CC[Si](CC)(CC)OC12CC=CC(COC1)N2C(=O)OC(C)(C)C. The average molecular weight is 356 g/mol. The molecule has 2 bridgehead atoms. The molecule has 2 aliphatic rings. The van der Waals surface area contributed by atoms with E-state index >= 15 is 0 Å². The Balaban J connectivity index is 2.35. The summed E-state index contributed by atoms with van der Waals surface area (Å²) >= 11 is 0. The van der Waals surface area contributed by atoms with Gasteiger partial charge >= 0.3 is 6.09 Å². The van der Waals surface area contributed by atoms with Gasteiger partial charge in [-0.05, 0) is 38.9 Å². The maximum Gasteiger partial charge on any atom is 0.413 e. The molecule has 1 fully saturated rings. The Kier molecular flexibility index (Phi) is 5.82. The molecule has 0 aliphatic carbocycles. The lowest BCUT2D eigenvalue weighted by Gasteiger charge is -2.54. The van der Waals surface area contributed by atoms with Crippen molar-refractivity contribution < 1.29 is 18.7 Å². The maximum absolute atomic E-state index is 12.9. The van der Waals surface area contributed by atoms with Gasteiger partial charge in [0.1, 0.15) is 5.60 Å². The molecule has 0 spiro atoms. The Morgan fingerprint density at radius 3 is 2.46 bits per heavy atom. The molecule has 2 heterocycles. The van der Waals surface area contributed by atoms with Gasteiger partial charge in [-0.1, -0.05) is 32.9 Å². The highest BCUT2D eigenvalue weighted by atomic mass is 28.4. The molecule has 2 unspecified atom stereocenters. The van der Waals surface area contributed by atoms with Gasteiger partial charge in [0.15, 0.2) is 14.0 Å². The minimum atomic E-state index is -1.90. The molecule has 24 heavy (non-hydrogen) atoms. The number of nitrogens with zero attached hydrogens (tertiary/aromatic N) is 1. The molecule has 0 saturated carbocycles. The predicted molar refractivity (Wildman–Crippen MR) is 97.5 cm³/mol. The maximum atomic E-state index is 12.9. The van der Waals surface area contributed by atoms with Crippen LogP contribution in [0, 0.1) is 0 Å². The fraction of sp³-hybridized carbons (Fsp3) is 0.833. The van der Waals surface area contributed by atoms with Crippen LogP contribution in [0.25, 0.3) is 0 Å². The summed E-state index contributed by atoms with van der Waals surface area (Å²) in [4.78, 5) is 14.7. The number of hydrogen-bond donors (Lipinski definition) is 0. The summed E-state index contributed by atoms with van der Waals surface area (Å²) in [7, 11) is -1.90. The minimum absolute atomic E-state index is 0.111. The Labute approximate surface area is 147 Å².